The number of carbonyl (C=O) groups is 1. The van der Waals surface area contributed by atoms with Gasteiger partial charge in [0.15, 0.2) is 11.5 Å². The van der Waals surface area contributed by atoms with Crippen LogP contribution in [-0.4, -0.2) is 25.5 Å². The molecule has 0 unspecified atom stereocenters. The van der Waals surface area contributed by atoms with Gasteiger partial charge in [-0.15, -0.1) is 0 Å². The maximum Gasteiger partial charge on any atom is 0.278 e. The second kappa shape index (κ2) is 7.88. The molecule has 10 heteroatoms. The Hall–Kier alpha value is -1.73. The first-order valence-electron chi connectivity index (χ1n) is 7.59. The molecule has 0 radical (unpaired) electrons. The van der Waals surface area contributed by atoms with Crippen molar-refractivity contribution in [3.63, 3.8) is 0 Å². The Morgan fingerprint density at radius 3 is 2.27 bits per heavy atom. The quantitative estimate of drug-likeness (QED) is 0.615. The average molecular weight is 433 g/mol. The van der Waals surface area contributed by atoms with Crippen LogP contribution in [0.1, 0.15) is 23.0 Å². The zero-order chi connectivity index (χ0) is 18.8. The molecule has 0 bridgehead atoms. The number of nitrogens with zero attached hydrogens (tertiary/aromatic N) is 4. The molecule has 0 aliphatic heterocycles. The second-order valence-electron chi connectivity index (χ2n) is 5.36. The van der Waals surface area contributed by atoms with Gasteiger partial charge < -0.3 is 5.32 Å². The largest absolute Gasteiger partial charge is 0.302 e. The van der Waals surface area contributed by atoms with E-state index in [1.165, 1.54) is 4.68 Å². The summed E-state index contributed by atoms with van der Waals surface area (Å²) in [6.45, 7) is 2.80. The number of carbonyl (C=O) groups excluding carboxylic acids is 1. The van der Waals surface area contributed by atoms with Crippen LogP contribution in [-0.2, 0) is 13.1 Å². The van der Waals surface area contributed by atoms with Crippen LogP contribution in [0.4, 0.5) is 5.82 Å². The van der Waals surface area contributed by atoms with E-state index in [-0.39, 0.29) is 21.6 Å². The topological polar surface area (TPSA) is 64.7 Å². The normalized spacial score (nSPS) is 11.0. The van der Waals surface area contributed by atoms with Crippen molar-refractivity contribution in [1.29, 1.82) is 0 Å². The molecule has 0 saturated carbocycles. The van der Waals surface area contributed by atoms with Crippen LogP contribution in [0.25, 0.3) is 0 Å². The molecule has 3 rings (SSSR count). The van der Waals surface area contributed by atoms with Crippen LogP contribution >= 0.6 is 46.4 Å². The van der Waals surface area contributed by atoms with Crippen LogP contribution in [0.2, 0.25) is 20.1 Å². The smallest absolute Gasteiger partial charge is 0.278 e. The fraction of sp³-hybridized carbons (Fsp3) is 0.188. The first-order valence-corrected chi connectivity index (χ1v) is 9.10. The lowest BCUT2D eigenvalue weighted by atomic mass is 10.2. The Morgan fingerprint density at radius 2 is 1.65 bits per heavy atom. The lowest BCUT2D eigenvalue weighted by molar-refractivity contribution is 0.102. The Balaban J connectivity index is 1.80. The number of benzene rings is 1. The number of anilines is 1. The number of nitrogens with one attached hydrogen (secondary N) is 1. The summed E-state index contributed by atoms with van der Waals surface area (Å²) in [6.07, 6.45) is 3.15. The van der Waals surface area contributed by atoms with Crippen LogP contribution in [0.15, 0.2) is 30.6 Å². The molecule has 1 N–H and O–H groups in total. The molecule has 136 valence electrons. The highest BCUT2D eigenvalue weighted by Crippen LogP contribution is 2.27. The van der Waals surface area contributed by atoms with Crippen molar-refractivity contribution in [2.24, 2.45) is 0 Å². The lowest BCUT2D eigenvalue weighted by Gasteiger charge is -2.06. The number of hydrogen-bond acceptors (Lipinski definition) is 3. The van der Waals surface area contributed by atoms with Gasteiger partial charge in [0.1, 0.15) is 5.02 Å². The molecular weight excluding hydrogens is 420 g/mol. The van der Waals surface area contributed by atoms with Crippen LogP contribution < -0.4 is 5.32 Å². The van der Waals surface area contributed by atoms with Crippen molar-refractivity contribution in [2.75, 3.05) is 5.32 Å². The average Bonchev–Trinajstić information content (AvgIpc) is 3.14. The van der Waals surface area contributed by atoms with Crippen molar-refractivity contribution >= 4 is 58.1 Å². The van der Waals surface area contributed by atoms with E-state index in [1.54, 1.807) is 35.3 Å². The number of hydrogen-bond donors (Lipinski definition) is 1. The monoisotopic (exact) mass is 431 g/mol. The number of amides is 1. The highest BCUT2D eigenvalue weighted by Gasteiger charge is 2.19. The first kappa shape index (κ1) is 19.0. The number of aryl methyl sites for hydroxylation is 1. The third-order valence-electron chi connectivity index (χ3n) is 3.59. The van der Waals surface area contributed by atoms with Gasteiger partial charge in [0.2, 0.25) is 0 Å². The highest BCUT2D eigenvalue weighted by atomic mass is 35.5. The minimum atomic E-state index is -0.495. The van der Waals surface area contributed by atoms with E-state index in [1.807, 2.05) is 6.92 Å². The zero-order valence-corrected chi connectivity index (χ0v) is 16.5. The third kappa shape index (κ3) is 3.99. The summed E-state index contributed by atoms with van der Waals surface area (Å²) in [6, 6.07) is 5.24. The van der Waals surface area contributed by atoms with Crippen molar-refractivity contribution in [3.05, 3.63) is 61.9 Å². The van der Waals surface area contributed by atoms with Gasteiger partial charge in [-0.1, -0.05) is 52.5 Å². The Kier molecular flexibility index (Phi) is 5.77. The number of aromatic nitrogens is 4. The van der Waals surface area contributed by atoms with Gasteiger partial charge in [-0.3, -0.25) is 14.2 Å². The van der Waals surface area contributed by atoms with Crippen molar-refractivity contribution < 1.29 is 4.79 Å². The minimum Gasteiger partial charge on any atom is -0.302 e. The lowest BCUT2D eigenvalue weighted by Crippen LogP contribution is -2.15. The fourth-order valence-corrected chi connectivity index (χ4v) is 3.24. The standard InChI is InChI=1S/C16H13Cl4N5O/c1-2-24-7-12(19)14(22-24)16(26)21-15-13(20)8-25(23-15)6-9-10(17)4-3-5-11(9)18/h3-5,7-8H,2,6H2,1H3,(H,21,23,26). The summed E-state index contributed by atoms with van der Waals surface area (Å²) in [5.41, 5.74) is 0.811. The molecule has 1 aromatic carbocycles. The predicted molar refractivity (Wildman–Crippen MR) is 104 cm³/mol. The molecule has 2 aromatic heterocycles. The molecule has 0 saturated heterocycles. The molecule has 6 nitrogen and oxygen atoms in total. The number of halogens is 4. The molecule has 2 heterocycles. The predicted octanol–water partition coefficient (Wildman–Crippen LogP) is 5.01. The van der Waals surface area contributed by atoms with Gasteiger partial charge in [-0.2, -0.15) is 10.2 Å². The van der Waals surface area contributed by atoms with E-state index in [0.717, 1.165) is 0 Å². The van der Waals surface area contributed by atoms with E-state index in [0.29, 0.717) is 28.7 Å². The van der Waals surface area contributed by atoms with Crippen molar-refractivity contribution in [1.82, 2.24) is 19.6 Å². The zero-order valence-electron chi connectivity index (χ0n) is 13.5. The molecule has 0 aliphatic carbocycles. The van der Waals surface area contributed by atoms with E-state index < -0.39 is 5.91 Å². The second-order valence-corrected chi connectivity index (χ2v) is 6.99. The molecule has 0 fully saturated rings. The van der Waals surface area contributed by atoms with E-state index >= 15 is 0 Å². The van der Waals surface area contributed by atoms with Crippen LogP contribution in [0.5, 0.6) is 0 Å². The van der Waals surface area contributed by atoms with Gasteiger partial charge >= 0.3 is 0 Å². The summed E-state index contributed by atoms with van der Waals surface area (Å²) in [4.78, 5) is 12.4. The highest BCUT2D eigenvalue weighted by molar-refractivity contribution is 6.36. The van der Waals surface area contributed by atoms with Crippen LogP contribution in [0.3, 0.4) is 0 Å². The fourth-order valence-electron chi connectivity index (χ4n) is 2.29. The van der Waals surface area contributed by atoms with E-state index in [9.17, 15) is 4.79 Å². The first-order chi connectivity index (χ1) is 12.4. The molecular formula is C16H13Cl4N5O. The maximum absolute atomic E-state index is 12.4. The van der Waals surface area contributed by atoms with Gasteiger partial charge in [0, 0.05) is 34.5 Å². The number of rotatable bonds is 5. The summed E-state index contributed by atoms with van der Waals surface area (Å²) >= 11 is 24.6. The molecule has 0 aliphatic rings. The minimum absolute atomic E-state index is 0.105. The third-order valence-corrected chi connectivity index (χ3v) is 4.85. The Bertz CT molecular complexity index is 945. The van der Waals surface area contributed by atoms with Crippen LogP contribution in [0, 0.1) is 0 Å². The summed E-state index contributed by atoms with van der Waals surface area (Å²) in [5, 5.41) is 12.6. The SMILES string of the molecule is CCn1cc(Cl)c(C(=O)Nc2nn(Cc3c(Cl)cccc3Cl)cc2Cl)n1. The summed E-state index contributed by atoms with van der Waals surface area (Å²) in [7, 11) is 0. The maximum atomic E-state index is 12.4. The molecule has 1 amide bonds. The van der Waals surface area contributed by atoms with Gasteiger partial charge in [0.05, 0.1) is 11.6 Å². The van der Waals surface area contributed by atoms with Gasteiger partial charge in [-0.25, -0.2) is 0 Å². The van der Waals surface area contributed by atoms with Crippen molar-refractivity contribution in [2.45, 2.75) is 20.0 Å². The van der Waals surface area contributed by atoms with Gasteiger partial charge in [0.25, 0.3) is 5.91 Å². The van der Waals surface area contributed by atoms with E-state index in [4.69, 9.17) is 46.4 Å². The Labute approximate surface area is 169 Å². The molecule has 3 aromatic rings. The van der Waals surface area contributed by atoms with Crippen molar-refractivity contribution in [3.8, 4) is 0 Å². The van der Waals surface area contributed by atoms with Gasteiger partial charge in [-0.05, 0) is 19.1 Å². The summed E-state index contributed by atoms with van der Waals surface area (Å²) < 4.78 is 3.11. The van der Waals surface area contributed by atoms with E-state index in [2.05, 4.69) is 15.5 Å². The molecule has 0 atom stereocenters. The summed E-state index contributed by atoms with van der Waals surface area (Å²) in [5.74, 6) is -0.299. The molecule has 26 heavy (non-hydrogen) atoms. The Morgan fingerprint density at radius 1 is 1.00 bits per heavy atom. The molecule has 0 spiro atoms.